The van der Waals surface area contributed by atoms with Gasteiger partial charge in [0.1, 0.15) is 11.6 Å². The van der Waals surface area contributed by atoms with Crippen LogP contribution in [0.5, 0.6) is 0 Å². The summed E-state index contributed by atoms with van der Waals surface area (Å²) in [7, 11) is -1.96. The van der Waals surface area contributed by atoms with E-state index in [2.05, 4.69) is 9.82 Å². The maximum atomic E-state index is 13.5. The summed E-state index contributed by atoms with van der Waals surface area (Å²) in [6.07, 6.45) is 2.26. The minimum atomic E-state index is -3.79. The number of aryl methyl sites for hydroxylation is 1. The molecule has 1 saturated carbocycles. The van der Waals surface area contributed by atoms with E-state index in [0.29, 0.717) is 11.6 Å². The zero-order valence-electron chi connectivity index (χ0n) is 12.6. The van der Waals surface area contributed by atoms with Crippen molar-refractivity contribution in [1.29, 1.82) is 0 Å². The van der Waals surface area contributed by atoms with Crippen LogP contribution in [0.25, 0.3) is 0 Å². The number of nitrogens with one attached hydrogen (secondary N) is 1. The summed E-state index contributed by atoms with van der Waals surface area (Å²) in [6.45, 7) is 0.0276. The first-order valence-electron chi connectivity index (χ1n) is 7.28. The quantitative estimate of drug-likeness (QED) is 0.876. The Morgan fingerprint density at radius 3 is 2.74 bits per heavy atom. The molecule has 124 valence electrons. The molecule has 1 aromatic carbocycles. The lowest BCUT2D eigenvalue weighted by atomic mass is 10.2. The largest absolute Gasteiger partial charge is 0.272 e. The van der Waals surface area contributed by atoms with Crippen LogP contribution in [0.2, 0.25) is 0 Å². The topological polar surface area (TPSA) is 64.0 Å². The van der Waals surface area contributed by atoms with Crippen molar-refractivity contribution in [1.82, 2.24) is 14.5 Å². The van der Waals surface area contributed by atoms with Gasteiger partial charge in [0.15, 0.2) is 0 Å². The Kier molecular flexibility index (Phi) is 4.20. The van der Waals surface area contributed by atoms with Crippen molar-refractivity contribution in [3.05, 3.63) is 52.9 Å². The van der Waals surface area contributed by atoms with Crippen LogP contribution in [0.4, 0.5) is 8.78 Å². The highest BCUT2D eigenvalue weighted by Crippen LogP contribution is 2.39. The van der Waals surface area contributed by atoms with Crippen LogP contribution >= 0.6 is 0 Å². The Morgan fingerprint density at radius 1 is 1.30 bits per heavy atom. The lowest BCUT2D eigenvalue weighted by molar-refractivity contribution is 0.568. The summed E-state index contributed by atoms with van der Waals surface area (Å²) in [5.41, 5.74) is 1.50. The van der Waals surface area contributed by atoms with Crippen molar-refractivity contribution >= 4 is 10.0 Å². The Hall–Kier alpha value is -1.80. The van der Waals surface area contributed by atoms with Crippen LogP contribution in [0.1, 0.15) is 35.7 Å². The molecule has 0 bridgehead atoms. The van der Waals surface area contributed by atoms with Gasteiger partial charge in [-0.25, -0.2) is 21.9 Å². The molecule has 1 fully saturated rings. The number of hydrogen-bond acceptors (Lipinski definition) is 3. The van der Waals surface area contributed by atoms with Gasteiger partial charge in [-0.05, 0) is 37.1 Å². The molecule has 0 amide bonds. The van der Waals surface area contributed by atoms with Gasteiger partial charge < -0.3 is 0 Å². The van der Waals surface area contributed by atoms with Gasteiger partial charge in [-0.3, -0.25) is 4.68 Å². The molecule has 0 aliphatic heterocycles. The third-order valence-electron chi connectivity index (χ3n) is 3.79. The Bertz CT molecular complexity index is 829. The third-order valence-corrected chi connectivity index (χ3v) is 5.06. The molecule has 0 saturated heterocycles. The molecular formula is C15H17F2N3O2S. The first-order chi connectivity index (χ1) is 10.8. The van der Waals surface area contributed by atoms with Crippen molar-refractivity contribution in [2.24, 2.45) is 7.05 Å². The highest BCUT2D eigenvalue weighted by Gasteiger charge is 2.27. The van der Waals surface area contributed by atoms with Gasteiger partial charge >= 0.3 is 0 Å². The van der Waals surface area contributed by atoms with E-state index in [0.717, 1.165) is 36.7 Å². The van der Waals surface area contributed by atoms with Gasteiger partial charge in [-0.2, -0.15) is 5.10 Å². The van der Waals surface area contributed by atoms with Crippen LogP contribution in [-0.2, 0) is 29.4 Å². The first kappa shape index (κ1) is 16.1. The van der Waals surface area contributed by atoms with Crippen molar-refractivity contribution in [3.63, 3.8) is 0 Å². The average molecular weight is 341 g/mol. The van der Waals surface area contributed by atoms with Crippen molar-refractivity contribution < 1.29 is 17.2 Å². The number of benzene rings is 1. The molecule has 1 aliphatic rings. The van der Waals surface area contributed by atoms with Gasteiger partial charge in [0, 0.05) is 24.2 Å². The molecule has 1 N–H and O–H groups in total. The predicted molar refractivity (Wildman–Crippen MR) is 81.0 cm³/mol. The molecular weight excluding hydrogens is 324 g/mol. The molecule has 8 heteroatoms. The molecule has 0 atom stereocenters. The molecule has 1 aliphatic carbocycles. The summed E-state index contributed by atoms with van der Waals surface area (Å²) < 4.78 is 54.9. The van der Waals surface area contributed by atoms with Gasteiger partial charge in [0.2, 0.25) is 10.0 Å². The van der Waals surface area contributed by atoms with Crippen LogP contribution < -0.4 is 4.72 Å². The number of halogens is 2. The van der Waals surface area contributed by atoms with Gasteiger partial charge in [-0.15, -0.1) is 0 Å². The predicted octanol–water partition coefficient (Wildman–Crippen LogP) is 2.20. The fraction of sp³-hybridized carbons (Fsp3) is 0.400. The zero-order valence-corrected chi connectivity index (χ0v) is 13.4. The molecule has 23 heavy (non-hydrogen) atoms. The van der Waals surface area contributed by atoms with E-state index in [1.54, 1.807) is 4.68 Å². The van der Waals surface area contributed by atoms with E-state index in [1.165, 1.54) is 0 Å². The third kappa shape index (κ3) is 3.94. The second kappa shape index (κ2) is 6.01. The highest BCUT2D eigenvalue weighted by atomic mass is 32.2. The normalized spacial score (nSPS) is 15.1. The van der Waals surface area contributed by atoms with Crippen LogP contribution in [0, 0.1) is 11.6 Å². The van der Waals surface area contributed by atoms with Crippen LogP contribution in [0.15, 0.2) is 24.3 Å². The summed E-state index contributed by atoms with van der Waals surface area (Å²) >= 11 is 0. The van der Waals surface area contributed by atoms with Crippen LogP contribution in [0.3, 0.4) is 0 Å². The van der Waals surface area contributed by atoms with E-state index < -0.39 is 27.4 Å². The first-order valence-corrected chi connectivity index (χ1v) is 8.93. The SMILES string of the molecule is Cn1nc(CNS(=O)(=O)Cc2cc(F)ccc2F)cc1C1CC1. The second-order valence-corrected chi connectivity index (χ2v) is 7.58. The molecule has 0 unspecified atom stereocenters. The number of sulfonamides is 1. The van der Waals surface area contributed by atoms with E-state index >= 15 is 0 Å². The summed E-state index contributed by atoms with van der Waals surface area (Å²) in [5.74, 6) is -1.51. The van der Waals surface area contributed by atoms with E-state index in [1.807, 2.05) is 13.1 Å². The second-order valence-electron chi connectivity index (χ2n) is 5.77. The molecule has 3 rings (SSSR count). The summed E-state index contributed by atoms with van der Waals surface area (Å²) in [5, 5.41) is 4.27. The van der Waals surface area contributed by atoms with E-state index in [9.17, 15) is 17.2 Å². The Labute approximate surface area is 133 Å². The summed E-state index contributed by atoms with van der Waals surface area (Å²) in [4.78, 5) is 0. The molecule has 2 aromatic rings. The number of nitrogens with zero attached hydrogens (tertiary/aromatic N) is 2. The number of rotatable bonds is 6. The maximum absolute atomic E-state index is 13.5. The minimum absolute atomic E-state index is 0.0276. The summed E-state index contributed by atoms with van der Waals surface area (Å²) in [6, 6.07) is 4.64. The van der Waals surface area contributed by atoms with E-state index in [-0.39, 0.29) is 12.1 Å². The highest BCUT2D eigenvalue weighted by molar-refractivity contribution is 7.88. The van der Waals surface area contributed by atoms with E-state index in [4.69, 9.17) is 0 Å². The van der Waals surface area contributed by atoms with Gasteiger partial charge in [0.25, 0.3) is 0 Å². The Balaban J connectivity index is 1.66. The number of hydrogen-bond donors (Lipinski definition) is 1. The zero-order chi connectivity index (χ0) is 16.6. The molecule has 0 spiro atoms. The molecule has 1 heterocycles. The maximum Gasteiger partial charge on any atom is 0.216 e. The van der Waals surface area contributed by atoms with Gasteiger partial charge in [0.05, 0.1) is 18.0 Å². The Morgan fingerprint density at radius 2 is 2.04 bits per heavy atom. The van der Waals surface area contributed by atoms with Crippen molar-refractivity contribution in [2.75, 3.05) is 0 Å². The van der Waals surface area contributed by atoms with Crippen LogP contribution in [-0.4, -0.2) is 18.2 Å². The monoisotopic (exact) mass is 341 g/mol. The fourth-order valence-electron chi connectivity index (χ4n) is 2.48. The molecule has 0 radical (unpaired) electrons. The molecule has 1 aromatic heterocycles. The standard InChI is InChI=1S/C15H17F2N3O2S/c1-20-15(10-2-3-10)7-13(19-20)8-18-23(21,22)9-11-6-12(16)4-5-14(11)17/h4-7,10,18H,2-3,8-9H2,1H3. The fourth-order valence-corrected chi connectivity index (χ4v) is 3.59. The molecule has 5 nitrogen and oxygen atoms in total. The van der Waals surface area contributed by atoms with Crippen molar-refractivity contribution in [2.45, 2.75) is 31.1 Å². The minimum Gasteiger partial charge on any atom is -0.272 e. The average Bonchev–Trinajstić information content (AvgIpc) is 3.24. The lowest BCUT2D eigenvalue weighted by Gasteiger charge is -2.06. The van der Waals surface area contributed by atoms with Crippen molar-refractivity contribution in [3.8, 4) is 0 Å². The number of aromatic nitrogens is 2. The lowest BCUT2D eigenvalue weighted by Crippen LogP contribution is -2.25. The van der Waals surface area contributed by atoms with Gasteiger partial charge in [-0.1, -0.05) is 0 Å². The smallest absolute Gasteiger partial charge is 0.216 e.